The van der Waals surface area contributed by atoms with Gasteiger partial charge in [-0.25, -0.2) is 0 Å². The zero-order valence-corrected chi connectivity index (χ0v) is 16.4. The lowest BCUT2D eigenvalue weighted by atomic mass is 10.3. The molecule has 0 radical (unpaired) electrons. The molecule has 130 valence electrons. The maximum Gasteiger partial charge on any atom is 0.307 e. The van der Waals surface area contributed by atoms with Crippen LogP contribution in [0.4, 0.5) is 5.69 Å². The Bertz CT molecular complexity index is 502. The number of nitrogens with one attached hydrogen (secondary N) is 1. The van der Waals surface area contributed by atoms with Crippen molar-refractivity contribution >= 4 is 41.6 Å². The van der Waals surface area contributed by atoms with Crippen molar-refractivity contribution in [1.82, 2.24) is 0 Å². The number of anilines is 1. The first-order chi connectivity index (χ1) is 10.4. The average molecular weight is 435 g/mol. The SMILES string of the molecule is CC(C)OC(=O)CCN=C(N)Nc1ccc(OC(C)C)cc1.I. The Kier molecular flexibility index (Phi) is 10.4. The summed E-state index contributed by atoms with van der Waals surface area (Å²) in [7, 11) is 0. The summed E-state index contributed by atoms with van der Waals surface area (Å²) in [5, 5.41) is 2.96. The van der Waals surface area contributed by atoms with Crippen LogP contribution in [0.1, 0.15) is 34.1 Å². The van der Waals surface area contributed by atoms with Gasteiger partial charge in [-0.15, -0.1) is 24.0 Å². The predicted molar refractivity (Wildman–Crippen MR) is 104 cm³/mol. The number of guanidine groups is 1. The largest absolute Gasteiger partial charge is 0.491 e. The van der Waals surface area contributed by atoms with Gasteiger partial charge in [0.05, 0.1) is 25.2 Å². The molecule has 23 heavy (non-hydrogen) atoms. The third-order valence-corrected chi connectivity index (χ3v) is 2.46. The number of hydrogen-bond acceptors (Lipinski definition) is 4. The van der Waals surface area contributed by atoms with Crippen LogP contribution in [0.5, 0.6) is 5.75 Å². The minimum absolute atomic E-state index is 0. The minimum atomic E-state index is -0.276. The number of rotatable bonds is 7. The van der Waals surface area contributed by atoms with Crippen LogP contribution in [0.25, 0.3) is 0 Å². The number of hydrogen-bond donors (Lipinski definition) is 2. The number of benzene rings is 1. The first kappa shape index (κ1) is 21.5. The van der Waals surface area contributed by atoms with Gasteiger partial charge in [-0.05, 0) is 52.0 Å². The molecular weight excluding hydrogens is 409 g/mol. The second-order valence-corrected chi connectivity index (χ2v) is 5.37. The Balaban J connectivity index is 0.00000484. The number of esters is 1. The summed E-state index contributed by atoms with van der Waals surface area (Å²) >= 11 is 0. The van der Waals surface area contributed by atoms with Gasteiger partial charge in [0.2, 0.25) is 0 Å². The van der Waals surface area contributed by atoms with E-state index in [0.717, 1.165) is 11.4 Å². The molecule has 1 rings (SSSR count). The molecule has 0 saturated heterocycles. The fourth-order valence-corrected chi connectivity index (χ4v) is 1.67. The molecule has 6 nitrogen and oxygen atoms in total. The predicted octanol–water partition coefficient (Wildman–Crippen LogP) is 3.16. The summed E-state index contributed by atoms with van der Waals surface area (Å²) in [5.74, 6) is 0.782. The van der Waals surface area contributed by atoms with E-state index in [0.29, 0.717) is 6.54 Å². The van der Waals surface area contributed by atoms with E-state index in [2.05, 4.69) is 10.3 Å². The second-order valence-electron chi connectivity index (χ2n) is 5.37. The van der Waals surface area contributed by atoms with Gasteiger partial charge >= 0.3 is 5.97 Å². The maximum absolute atomic E-state index is 11.4. The van der Waals surface area contributed by atoms with Gasteiger partial charge in [0.25, 0.3) is 0 Å². The number of nitrogens with two attached hydrogens (primary N) is 1. The molecular formula is C16H26IN3O3. The van der Waals surface area contributed by atoms with Crippen molar-refractivity contribution in [2.24, 2.45) is 10.7 Å². The number of carbonyl (C=O) groups excluding carboxylic acids is 1. The van der Waals surface area contributed by atoms with E-state index < -0.39 is 0 Å². The molecule has 3 N–H and O–H groups in total. The Morgan fingerprint density at radius 1 is 1.17 bits per heavy atom. The molecule has 0 bridgehead atoms. The summed E-state index contributed by atoms with van der Waals surface area (Å²) in [4.78, 5) is 15.4. The van der Waals surface area contributed by atoms with Crippen molar-refractivity contribution in [2.45, 2.75) is 46.3 Å². The fourth-order valence-electron chi connectivity index (χ4n) is 1.67. The van der Waals surface area contributed by atoms with Crippen LogP contribution in [0.15, 0.2) is 29.3 Å². The van der Waals surface area contributed by atoms with Crippen molar-refractivity contribution in [3.8, 4) is 5.75 Å². The number of aliphatic imine (C=N–C) groups is 1. The molecule has 0 aliphatic heterocycles. The van der Waals surface area contributed by atoms with E-state index in [-0.39, 0.29) is 54.5 Å². The number of carbonyl (C=O) groups is 1. The lowest BCUT2D eigenvalue weighted by molar-refractivity contribution is -0.147. The Labute approximate surface area is 154 Å². The minimum Gasteiger partial charge on any atom is -0.491 e. The van der Waals surface area contributed by atoms with E-state index in [1.54, 1.807) is 0 Å². The fraction of sp³-hybridized carbons (Fsp3) is 0.500. The summed E-state index contributed by atoms with van der Waals surface area (Å²) in [6.07, 6.45) is 0.233. The zero-order chi connectivity index (χ0) is 16.5. The molecule has 0 aromatic heterocycles. The molecule has 1 aromatic carbocycles. The summed E-state index contributed by atoms with van der Waals surface area (Å²) in [5.41, 5.74) is 6.58. The molecule has 0 saturated carbocycles. The Morgan fingerprint density at radius 2 is 1.78 bits per heavy atom. The highest BCUT2D eigenvalue weighted by Crippen LogP contribution is 2.16. The van der Waals surface area contributed by atoms with Gasteiger partial charge in [0, 0.05) is 5.69 Å². The smallest absolute Gasteiger partial charge is 0.307 e. The van der Waals surface area contributed by atoms with Crippen molar-refractivity contribution in [2.75, 3.05) is 11.9 Å². The lowest BCUT2D eigenvalue weighted by Gasteiger charge is -2.11. The van der Waals surface area contributed by atoms with Gasteiger partial charge < -0.3 is 20.5 Å². The normalized spacial score (nSPS) is 11.1. The van der Waals surface area contributed by atoms with E-state index in [9.17, 15) is 4.79 Å². The molecule has 0 aliphatic carbocycles. The van der Waals surface area contributed by atoms with Gasteiger partial charge in [0.15, 0.2) is 5.96 Å². The summed E-state index contributed by atoms with van der Waals surface area (Å²) in [6.45, 7) is 7.86. The van der Waals surface area contributed by atoms with Crippen molar-refractivity contribution in [1.29, 1.82) is 0 Å². The number of nitrogens with zero attached hydrogens (tertiary/aromatic N) is 1. The monoisotopic (exact) mass is 435 g/mol. The first-order valence-corrected chi connectivity index (χ1v) is 7.40. The van der Waals surface area contributed by atoms with Crippen LogP contribution < -0.4 is 15.8 Å². The van der Waals surface area contributed by atoms with Gasteiger partial charge in [-0.2, -0.15) is 0 Å². The molecule has 1 aromatic rings. The van der Waals surface area contributed by atoms with Crippen LogP contribution in [0, 0.1) is 0 Å². The zero-order valence-electron chi connectivity index (χ0n) is 14.0. The van der Waals surface area contributed by atoms with Crippen LogP contribution in [0.3, 0.4) is 0 Å². The summed E-state index contributed by atoms with van der Waals surface area (Å²) < 4.78 is 10.6. The molecule has 0 spiro atoms. The molecule has 0 atom stereocenters. The van der Waals surface area contributed by atoms with E-state index in [1.165, 1.54) is 0 Å². The van der Waals surface area contributed by atoms with Gasteiger partial charge in [-0.3, -0.25) is 9.79 Å². The molecule has 0 amide bonds. The quantitative estimate of drug-likeness (QED) is 0.298. The van der Waals surface area contributed by atoms with Crippen LogP contribution in [-0.4, -0.2) is 30.7 Å². The average Bonchev–Trinajstić information content (AvgIpc) is 2.39. The van der Waals surface area contributed by atoms with Crippen molar-refractivity contribution in [3.05, 3.63) is 24.3 Å². The Hall–Kier alpha value is -1.51. The standard InChI is InChI=1S/C16H25N3O3.HI/c1-11(2)21-14-7-5-13(6-8-14)19-16(17)18-10-9-15(20)22-12(3)4;/h5-8,11-12H,9-10H2,1-4H3,(H3,17,18,19);1H. The van der Waals surface area contributed by atoms with Crippen LogP contribution >= 0.6 is 24.0 Å². The summed E-state index contributed by atoms with van der Waals surface area (Å²) in [6, 6.07) is 7.42. The number of halogens is 1. The molecule has 0 unspecified atom stereocenters. The van der Waals surface area contributed by atoms with Crippen LogP contribution in [-0.2, 0) is 9.53 Å². The van der Waals surface area contributed by atoms with Crippen LogP contribution in [0.2, 0.25) is 0 Å². The van der Waals surface area contributed by atoms with Crippen molar-refractivity contribution < 1.29 is 14.3 Å². The first-order valence-electron chi connectivity index (χ1n) is 7.40. The second kappa shape index (κ2) is 11.1. The highest BCUT2D eigenvalue weighted by atomic mass is 127. The third-order valence-electron chi connectivity index (χ3n) is 2.46. The van der Waals surface area contributed by atoms with E-state index in [4.69, 9.17) is 15.2 Å². The highest BCUT2D eigenvalue weighted by Gasteiger charge is 2.04. The molecule has 0 fully saturated rings. The van der Waals surface area contributed by atoms with Crippen molar-refractivity contribution in [3.63, 3.8) is 0 Å². The molecule has 0 aliphatic rings. The molecule has 7 heteroatoms. The van der Waals surface area contributed by atoms with Gasteiger partial charge in [0.1, 0.15) is 5.75 Å². The number of ether oxygens (including phenoxy) is 2. The van der Waals surface area contributed by atoms with Gasteiger partial charge in [-0.1, -0.05) is 0 Å². The Morgan fingerprint density at radius 3 is 2.30 bits per heavy atom. The topological polar surface area (TPSA) is 85.9 Å². The maximum atomic E-state index is 11.4. The third kappa shape index (κ3) is 9.98. The van der Waals surface area contributed by atoms with E-state index in [1.807, 2.05) is 52.0 Å². The highest BCUT2D eigenvalue weighted by molar-refractivity contribution is 14.0. The molecule has 0 heterocycles. The van der Waals surface area contributed by atoms with E-state index >= 15 is 0 Å². The lowest BCUT2D eigenvalue weighted by Crippen LogP contribution is -2.23.